The number of thiol groups is 1. The van der Waals surface area contributed by atoms with Crippen molar-refractivity contribution in [3.63, 3.8) is 0 Å². The lowest BCUT2D eigenvalue weighted by molar-refractivity contribution is -0.158. The first-order valence-corrected chi connectivity index (χ1v) is 15.6. The molecule has 1 saturated heterocycles. The molecule has 2 aromatic heterocycles. The summed E-state index contributed by atoms with van der Waals surface area (Å²) >= 11 is 3.53. The molecule has 230 valence electrons. The smallest absolute Gasteiger partial charge is 0.388 e. The first kappa shape index (κ1) is 33.8. The third-order valence-electron chi connectivity index (χ3n) is 8.33. The number of alkyl halides is 3. The lowest BCUT2D eigenvalue weighted by Crippen LogP contribution is -2.43. The molecule has 5 rings (SSSR count). The first-order chi connectivity index (χ1) is 19.3. The van der Waals surface area contributed by atoms with Crippen LogP contribution in [0.4, 0.5) is 13.2 Å². The molecule has 0 radical (unpaired) electrons. The Kier molecular flexibility index (Phi) is 11.0. The molecule has 0 saturated carbocycles. The normalized spacial score (nSPS) is 26.4. The van der Waals surface area contributed by atoms with Crippen LogP contribution in [0.5, 0.6) is 0 Å². The Morgan fingerprint density at radius 2 is 1.78 bits per heavy atom. The van der Waals surface area contributed by atoms with Crippen molar-refractivity contribution in [2.75, 3.05) is 19.5 Å². The molecule has 0 aromatic carbocycles. The summed E-state index contributed by atoms with van der Waals surface area (Å²) in [5, 5.41) is 11.4. The summed E-state index contributed by atoms with van der Waals surface area (Å²) in [5.41, 5.74) is 3.25. The van der Waals surface area contributed by atoms with Crippen molar-refractivity contribution in [1.82, 2.24) is 9.97 Å². The first-order valence-electron chi connectivity index (χ1n) is 14.7. The highest BCUT2D eigenvalue weighted by Gasteiger charge is 2.55. The van der Waals surface area contributed by atoms with E-state index in [1.807, 2.05) is 0 Å². The fourth-order valence-corrected chi connectivity index (χ4v) is 6.17. The van der Waals surface area contributed by atoms with Gasteiger partial charge in [-0.25, -0.2) is 0 Å². The van der Waals surface area contributed by atoms with E-state index in [0.29, 0.717) is 31.7 Å². The predicted molar refractivity (Wildman–Crippen MR) is 159 cm³/mol. The number of aliphatic hydroxyl groups excluding tert-OH is 1. The maximum absolute atomic E-state index is 13.2. The Labute approximate surface area is 249 Å². The number of pyridine rings is 2. The largest absolute Gasteiger partial charge is 0.417 e. The average molecular weight is 597 g/mol. The molecule has 2 aromatic rings. The Bertz CT molecular complexity index is 1170. The Morgan fingerprint density at radius 3 is 2.29 bits per heavy atom. The van der Waals surface area contributed by atoms with Gasteiger partial charge in [0, 0.05) is 47.7 Å². The van der Waals surface area contributed by atoms with E-state index >= 15 is 0 Å². The van der Waals surface area contributed by atoms with Crippen molar-refractivity contribution in [3.05, 3.63) is 57.7 Å². The number of nitrogens with zero attached hydrogens (tertiary/aromatic N) is 2. The lowest BCUT2D eigenvalue weighted by atomic mass is 9.68. The fourth-order valence-electron chi connectivity index (χ4n) is 6.17. The number of hydrogen-bond donors (Lipinski definition) is 2. The molecular weight excluding hydrogens is 549 g/mol. The molecular formula is C32H47F3N2O3S. The van der Waals surface area contributed by atoms with Crippen LogP contribution in [0.2, 0.25) is 0 Å². The van der Waals surface area contributed by atoms with Crippen molar-refractivity contribution in [2.45, 2.75) is 110 Å². The molecule has 1 fully saturated rings. The van der Waals surface area contributed by atoms with Crippen LogP contribution >= 0.6 is 12.6 Å². The number of fused-ring (bicyclic) bond motifs is 4. The summed E-state index contributed by atoms with van der Waals surface area (Å²) in [6, 6.07) is 2.46. The standard InChI is InChI=1S/C27H33F3N2O3.C4H10.CH4S/c1-14(2)23-21-22(20-18(32-23)10-25(4,5)11-19(20)33)26(8-9-34-13-15(26)3)35-24(21)17-7-6-16(12-31-17)27(28,29)30;1-3-4-2;1-2/h6-7,12,14-15,19,24,33H,8-11,13H2,1-5H3;3-4H2,1-2H3;2H,1H3. The van der Waals surface area contributed by atoms with Gasteiger partial charge in [-0.3, -0.25) is 9.97 Å². The Hall–Kier alpha value is -1.68. The topological polar surface area (TPSA) is 64.5 Å². The van der Waals surface area contributed by atoms with Gasteiger partial charge in [-0.05, 0) is 48.1 Å². The molecule has 4 atom stereocenters. The predicted octanol–water partition coefficient (Wildman–Crippen LogP) is 8.35. The van der Waals surface area contributed by atoms with Gasteiger partial charge in [0.2, 0.25) is 0 Å². The van der Waals surface area contributed by atoms with Gasteiger partial charge in [0.15, 0.2) is 0 Å². The summed E-state index contributed by atoms with van der Waals surface area (Å²) < 4.78 is 52.3. The minimum atomic E-state index is -4.46. The van der Waals surface area contributed by atoms with E-state index in [-0.39, 0.29) is 17.3 Å². The second kappa shape index (κ2) is 13.3. The number of hydrogen-bond acceptors (Lipinski definition) is 6. The molecule has 3 aliphatic rings. The molecule has 4 unspecified atom stereocenters. The van der Waals surface area contributed by atoms with Gasteiger partial charge in [0.05, 0.1) is 24.0 Å². The summed E-state index contributed by atoms with van der Waals surface area (Å²) in [5.74, 6) is 0.0465. The van der Waals surface area contributed by atoms with Gasteiger partial charge >= 0.3 is 6.18 Å². The molecule has 9 heteroatoms. The van der Waals surface area contributed by atoms with Crippen molar-refractivity contribution in [2.24, 2.45) is 11.3 Å². The second-order valence-corrected chi connectivity index (χ2v) is 12.4. The summed E-state index contributed by atoms with van der Waals surface area (Å²) in [6.45, 7) is 15.9. The molecule has 0 amide bonds. The number of unbranched alkanes of at least 4 members (excludes halogenated alkanes) is 1. The van der Waals surface area contributed by atoms with Gasteiger partial charge in [0.25, 0.3) is 0 Å². The van der Waals surface area contributed by atoms with Crippen LogP contribution in [0.1, 0.15) is 132 Å². The molecule has 0 bridgehead atoms. The molecule has 4 heterocycles. The van der Waals surface area contributed by atoms with Crippen molar-refractivity contribution >= 4 is 12.6 Å². The van der Waals surface area contributed by atoms with Crippen LogP contribution in [0.25, 0.3) is 0 Å². The maximum Gasteiger partial charge on any atom is 0.417 e. The molecule has 1 N–H and O–H groups in total. The second-order valence-electron chi connectivity index (χ2n) is 12.4. The number of halogens is 3. The molecule has 5 nitrogen and oxygen atoms in total. The zero-order chi connectivity index (χ0) is 30.8. The summed E-state index contributed by atoms with van der Waals surface area (Å²) in [6.07, 6.45) is 1.35. The third-order valence-corrected chi connectivity index (χ3v) is 8.33. The van der Waals surface area contributed by atoms with E-state index in [1.165, 1.54) is 18.9 Å². The van der Waals surface area contributed by atoms with Gasteiger partial charge in [-0.1, -0.05) is 61.3 Å². The lowest BCUT2D eigenvalue weighted by Gasteiger charge is -2.43. The van der Waals surface area contributed by atoms with Crippen LogP contribution in [0, 0.1) is 11.3 Å². The third kappa shape index (κ3) is 6.78. The van der Waals surface area contributed by atoms with Crippen LogP contribution in [0.15, 0.2) is 18.3 Å². The van der Waals surface area contributed by atoms with Crippen molar-refractivity contribution in [3.8, 4) is 0 Å². The monoisotopic (exact) mass is 596 g/mol. The van der Waals surface area contributed by atoms with Gasteiger partial charge < -0.3 is 14.6 Å². The van der Waals surface area contributed by atoms with Gasteiger partial charge in [0.1, 0.15) is 11.7 Å². The number of rotatable bonds is 3. The van der Waals surface area contributed by atoms with E-state index in [4.69, 9.17) is 14.5 Å². The zero-order valence-corrected chi connectivity index (χ0v) is 26.6. The van der Waals surface area contributed by atoms with E-state index in [0.717, 1.165) is 46.8 Å². The molecule has 1 aliphatic carbocycles. The van der Waals surface area contributed by atoms with Crippen LogP contribution in [-0.2, 0) is 27.7 Å². The Balaban J connectivity index is 0.000000710. The fraction of sp³-hybridized carbons (Fsp3) is 0.688. The van der Waals surface area contributed by atoms with Crippen LogP contribution < -0.4 is 0 Å². The minimum absolute atomic E-state index is 0.0110. The minimum Gasteiger partial charge on any atom is -0.388 e. The SMILES string of the molecule is CC(C)c1nc2c(c3c1C(c1ccc(C(F)(F)F)cn1)OC31CCOCC1C)C(O)CC(C)(C)C2.CCCC.CS. The van der Waals surface area contributed by atoms with E-state index in [9.17, 15) is 18.3 Å². The van der Waals surface area contributed by atoms with Gasteiger partial charge in [-0.2, -0.15) is 25.8 Å². The molecule has 2 aliphatic heterocycles. The van der Waals surface area contributed by atoms with Crippen molar-refractivity contribution in [1.29, 1.82) is 0 Å². The van der Waals surface area contributed by atoms with Gasteiger partial charge in [-0.15, -0.1) is 0 Å². The zero-order valence-electron chi connectivity index (χ0n) is 25.7. The maximum atomic E-state index is 13.2. The molecule has 41 heavy (non-hydrogen) atoms. The van der Waals surface area contributed by atoms with E-state index < -0.39 is 29.5 Å². The number of ether oxygens (including phenoxy) is 2. The van der Waals surface area contributed by atoms with Crippen molar-refractivity contribution < 1.29 is 27.8 Å². The van der Waals surface area contributed by atoms with Crippen LogP contribution in [-0.4, -0.2) is 34.5 Å². The highest BCUT2D eigenvalue weighted by molar-refractivity contribution is 7.79. The molecule has 1 spiro atoms. The summed E-state index contributed by atoms with van der Waals surface area (Å²) in [4.78, 5) is 9.30. The highest BCUT2D eigenvalue weighted by atomic mass is 32.1. The van der Waals surface area contributed by atoms with Crippen LogP contribution in [0.3, 0.4) is 0 Å². The summed E-state index contributed by atoms with van der Waals surface area (Å²) in [7, 11) is 0. The number of aromatic nitrogens is 2. The average Bonchev–Trinajstić information content (AvgIpc) is 3.25. The highest BCUT2D eigenvalue weighted by Crippen LogP contribution is 2.58. The number of aliphatic hydroxyl groups is 1. The Morgan fingerprint density at radius 1 is 1.12 bits per heavy atom. The quantitative estimate of drug-likeness (QED) is 0.349. The van der Waals surface area contributed by atoms with E-state index in [1.54, 1.807) is 6.26 Å². The van der Waals surface area contributed by atoms with E-state index in [2.05, 4.69) is 66.1 Å².